The molecule has 0 atom stereocenters. The van der Waals surface area contributed by atoms with Crippen molar-refractivity contribution in [1.29, 1.82) is 0 Å². The number of hydrogen-bond acceptors (Lipinski definition) is 9. The summed E-state index contributed by atoms with van der Waals surface area (Å²) in [6.45, 7) is 0.821. The van der Waals surface area contributed by atoms with Crippen LogP contribution in [-0.4, -0.2) is 84.3 Å². The van der Waals surface area contributed by atoms with E-state index in [9.17, 15) is 26.9 Å². The van der Waals surface area contributed by atoms with Crippen LogP contribution in [0, 0.1) is 10.1 Å². The average Bonchev–Trinajstić information content (AvgIpc) is 2.59. The predicted molar refractivity (Wildman–Crippen MR) is 115 cm³/mol. The number of nitrogens with zero attached hydrogens (tertiary/aromatic N) is 3. The largest absolute Gasteiger partial charge is 0.367 e. The van der Waals surface area contributed by atoms with Crippen molar-refractivity contribution in [2.45, 2.75) is 11.3 Å². The van der Waals surface area contributed by atoms with E-state index >= 15 is 0 Å². The van der Waals surface area contributed by atoms with E-state index in [1.807, 2.05) is 19.0 Å². The second-order valence-electron chi connectivity index (χ2n) is 6.59. The lowest BCUT2D eigenvalue weighted by Gasteiger charge is -2.26. The molecule has 0 aliphatic carbocycles. The van der Waals surface area contributed by atoms with Gasteiger partial charge in [0.25, 0.3) is 15.8 Å². The van der Waals surface area contributed by atoms with Gasteiger partial charge in [0.1, 0.15) is 0 Å². The lowest BCUT2D eigenvalue weighted by atomic mass is 10.2. The van der Waals surface area contributed by atoms with Crippen molar-refractivity contribution in [2.24, 2.45) is 0 Å². The van der Waals surface area contributed by atoms with E-state index in [0.29, 0.717) is 24.8 Å². The normalized spacial score (nSPS) is 12.3. The fraction of sp³-hybridized carbons (Fsp3) is 0.625. The van der Waals surface area contributed by atoms with E-state index in [-0.39, 0.29) is 35.2 Å². The zero-order valence-corrected chi connectivity index (χ0v) is 19.8. The third-order valence-electron chi connectivity index (χ3n) is 3.86. The fourth-order valence-electron chi connectivity index (χ4n) is 2.56. The summed E-state index contributed by atoms with van der Waals surface area (Å²) in [5.41, 5.74) is -0.0527. The summed E-state index contributed by atoms with van der Waals surface area (Å²) in [7, 11) is -3.80. The van der Waals surface area contributed by atoms with Crippen LogP contribution in [0.4, 0.5) is 11.4 Å². The molecule has 0 fully saturated rings. The summed E-state index contributed by atoms with van der Waals surface area (Å²) in [5.74, 6) is -0.165. The number of benzene rings is 1. The molecular weight excluding hydrogens is 490 g/mol. The molecule has 0 bridgehead atoms. The van der Waals surface area contributed by atoms with Crippen LogP contribution in [0.2, 0.25) is 0 Å². The first-order chi connectivity index (χ1) is 13.4. The van der Waals surface area contributed by atoms with Gasteiger partial charge in [-0.25, -0.2) is 8.42 Å². The van der Waals surface area contributed by atoms with E-state index in [1.165, 1.54) is 12.1 Å². The van der Waals surface area contributed by atoms with E-state index in [4.69, 9.17) is 4.18 Å². The second-order valence-corrected chi connectivity index (χ2v) is 11.1. The number of rotatable bonds is 13. The van der Waals surface area contributed by atoms with Crippen molar-refractivity contribution in [3.63, 3.8) is 0 Å². The van der Waals surface area contributed by atoms with Crippen LogP contribution in [0.3, 0.4) is 0 Å². The molecular formula is C16H26BrN3O7S2. The van der Waals surface area contributed by atoms with Gasteiger partial charge in [-0.15, -0.1) is 0 Å². The van der Waals surface area contributed by atoms with E-state index in [0.717, 1.165) is 12.3 Å². The first-order valence-corrected chi connectivity index (χ1v) is 13.3. The Bertz CT molecular complexity index is 905. The van der Waals surface area contributed by atoms with Crippen LogP contribution in [0.5, 0.6) is 0 Å². The lowest BCUT2D eigenvalue weighted by Crippen LogP contribution is -2.31. The fourth-order valence-corrected chi connectivity index (χ4v) is 4.91. The van der Waals surface area contributed by atoms with Gasteiger partial charge in [0, 0.05) is 30.6 Å². The summed E-state index contributed by atoms with van der Waals surface area (Å²) in [5, 5.41) is 11.6. The molecule has 1 rings (SSSR count). The molecule has 29 heavy (non-hydrogen) atoms. The summed E-state index contributed by atoms with van der Waals surface area (Å²) in [6, 6.07) is 3.66. The van der Waals surface area contributed by atoms with Crippen molar-refractivity contribution >= 4 is 47.3 Å². The third-order valence-corrected chi connectivity index (χ3v) is 6.63. The predicted octanol–water partition coefficient (Wildman–Crippen LogP) is 1.50. The minimum absolute atomic E-state index is 0.0939. The van der Waals surface area contributed by atoms with Crippen LogP contribution in [0.15, 0.2) is 23.1 Å². The highest BCUT2D eigenvalue weighted by Gasteiger charge is 2.25. The van der Waals surface area contributed by atoms with E-state index in [1.54, 1.807) is 4.90 Å². The molecule has 1 aromatic rings. The summed E-state index contributed by atoms with van der Waals surface area (Å²) in [4.78, 5) is 13.9. The average molecular weight is 516 g/mol. The Labute approximate surface area is 180 Å². The van der Waals surface area contributed by atoms with Crippen molar-refractivity contribution < 1.29 is 25.9 Å². The monoisotopic (exact) mass is 515 g/mol. The zero-order valence-electron chi connectivity index (χ0n) is 16.6. The van der Waals surface area contributed by atoms with Crippen LogP contribution in [0.25, 0.3) is 0 Å². The Hall–Kier alpha value is -1.28. The van der Waals surface area contributed by atoms with Crippen molar-refractivity contribution in [3.05, 3.63) is 28.3 Å². The molecule has 0 amide bonds. The number of hydrogen-bond donors (Lipinski definition) is 0. The Morgan fingerprint density at radius 2 is 1.79 bits per heavy atom. The van der Waals surface area contributed by atoms with Gasteiger partial charge in [0.15, 0.2) is 9.84 Å². The van der Waals surface area contributed by atoms with Gasteiger partial charge < -0.3 is 9.80 Å². The maximum atomic E-state index is 12.9. The van der Waals surface area contributed by atoms with E-state index < -0.39 is 24.9 Å². The molecule has 13 heteroatoms. The second kappa shape index (κ2) is 11.2. The molecule has 0 heterocycles. The number of nitro groups is 1. The maximum absolute atomic E-state index is 12.9. The van der Waals surface area contributed by atoms with Gasteiger partial charge in [-0.05, 0) is 33.1 Å². The molecule has 0 aliphatic rings. The highest BCUT2D eigenvalue weighted by molar-refractivity contribution is 9.09. The molecule has 166 valence electrons. The first-order valence-electron chi connectivity index (χ1n) is 8.68. The van der Waals surface area contributed by atoms with Crippen molar-refractivity contribution in [3.8, 4) is 0 Å². The van der Waals surface area contributed by atoms with Crippen molar-refractivity contribution in [2.75, 3.05) is 62.6 Å². The lowest BCUT2D eigenvalue weighted by molar-refractivity contribution is -0.385. The first kappa shape index (κ1) is 25.8. The minimum Gasteiger partial charge on any atom is -0.367 e. The Morgan fingerprint density at radius 3 is 2.31 bits per heavy atom. The molecule has 0 saturated carbocycles. The number of alkyl halides is 1. The van der Waals surface area contributed by atoms with Gasteiger partial charge >= 0.3 is 0 Å². The number of halogens is 1. The Kier molecular flexibility index (Phi) is 9.95. The van der Waals surface area contributed by atoms with Crippen LogP contribution in [-0.2, 0) is 24.1 Å². The zero-order chi connectivity index (χ0) is 22.2. The van der Waals surface area contributed by atoms with E-state index in [2.05, 4.69) is 15.9 Å². The quantitative estimate of drug-likeness (QED) is 0.166. The molecule has 0 aliphatic heterocycles. The third kappa shape index (κ3) is 8.95. The molecule has 0 spiro atoms. The maximum Gasteiger partial charge on any atom is 0.270 e. The van der Waals surface area contributed by atoms with Crippen LogP contribution >= 0.6 is 15.9 Å². The topological polar surface area (TPSA) is 127 Å². The van der Waals surface area contributed by atoms with Gasteiger partial charge in [-0.3, -0.25) is 14.3 Å². The number of non-ortho nitro benzene ring substituents is 1. The number of sulfone groups is 1. The molecule has 0 saturated heterocycles. The molecule has 0 N–H and O–H groups in total. The van der Waals surface area contributed by atoms with Gasteiger partial charge in [-0.2, -0.15) is 8.42 Å². The summed E-state index contributed by atoms with van der Waals surface area (Å²) < 4.78 is 53.0. The Balaban J connectivity index is 3.29. The molecule has 0 unspecified atom stereocenters. The SMILES string of the molecule is CN(C)CCCS(=O)(=O)c1cc([N+](=O)[O-])ccc1N(CCBr)CCOS(C)(=O)=O. The summed E-state index contributed by atoms with van der Waals surface area (Å²) in [6.07, 6.45) is 1.29. The molecule has 1 aromatic carbocycles. The number of nitro benzene ring substituents is 1. The smallest absolute Gasteiger partial charge is 0.270 e. The van der Waals surface area contributed by atoms with Crippen molar-refractivity contribution in [1.82, 2.24) is 4.90 Å². The molecule has 0 radical (unpaired) electrons. The minimum atomic E-state index is -3.81. The Morgan fingerprint density at radius 1 is 1.14 bits per heavy atom. The van der Waals surface area contributed by atoms with Gasteiger partial charge in [0.05, 0.1) is 34.1 Å². The summed E-state index contributed by atoms with van der Waals surface area (Å²) >= 11 is 3.29. The highest BCUT2D eigenvalue weighted by atomic mass is 79.9. The highest BCUT2D eigenvalue weighted by Crippen LogP contribution is 2.31. The molecule has 10 nitrogen and oxygen atoms in total. The van der Waals surface area contributed by atoms with Gasteiger partial charge in [0.2, 0.25) is 0 Å². The number of anilines is 1. The van der Waals surface area contributed by atoms with Crippen LogP contribution in [0.1, 0.15) is 6.42 Å². The van der Waals surface area contributed by atoms with Crippen LogP contribution < -0.4 is 4.90 Å². The molecule has 0 aromatic heterocycles. The van der Waals surface area contributed by atoms with Gasteiger partial charge in [-0.1, -0.05) is 15.9 Å². The standard InChI is InChI=1S/C16H26BrN3O7S2/c1-18(2)8-4-12-29(25,26)16-13-14(20(21)22)5-6-15(16)19(9-7-17)10-11-27-28(3,23)24/h5-6,13H,4,7-12H2,1-3H3.